The molecule has 0 unspecified atom stereocenters. The van der Waals surface area contributed by atoms with E-state index in [1.807, 2.05) is 44.2 Å². The topological polar surface area (TPSA) is 55.4 Å². The number of halogens is 1. The van der Waals surface area contributed by atoms with Gasteiger partial charge in [0.15, 0.2) is 5.78 Å². The lowest BCUT2D eigenvalue weighted by molar-refractivity contribution is -0.140. The maximum absolute atomic E-state index is 15.0. The number of hydrogen-bond acceptors (Lipinski definition) is 4. The number of allylic oxidation sites excluding steroid dienone is 3. The summed E-state index contributed by atoms with van der Waals surface area (Å²) in [5, 5.41) is 3.30. The predicted molar refractivity (Wildman–Crippen MR) is 121 cm³/mol. The second-order valence-electron chi connectivity index (χ2n) is 8.94. The van der Waals surface area contributed by atoms with Crippen LogP contribution in [-0.2, 0) is 14.3 Å². The Balaban J connectivity index is 1.78. The number of benzene rings is 2. The Morgan fingerprint density at radius 2 is 1.78 bits per heavy atom. The van der Waals surface area contributed by atoms with Gasteiger partial charge in [-0.1, -0.05) is 62.4 Å². The molecule has 1 aliphatic carbocycles. The highest BCUT2D eigenvalue weighted by molar-refractivity contribution is 6.04. The van der Waals surface area contributed by atoms with Gasteiger partial charge in [0.25, 0.3) is 0 Å². The van der Waals surface area contributed by atoms with Crippen LogP contribution in [0.5, 0.6) is 0 Å². The van der Waals surface area contributed by atoms with E-state index < -0.39 is 17.7 Å². The second-order valence-corrected chi connectivity index (χ2v) is 8.94. The van der Waals surface area contributed by atoms with Crippen LogP contribution in [-0.4, -0.2) is 18.4 Å². The highest BCUT2D eigenvalue weighted by Gasteiger charge is 2.42. The number of rotatable bonds is 5. The van der Waals surface area contributed by atoms with Crippen LogP contribution < -0.4 is 5.32 Å². The third-order valence-electron chi connectivity index (χ3n) is 6.08. The van der Waals surface area contributed by atoms with E-state index in [4.69, 9.17) is 4.74 Å². The van der Waals surface area contributed by atoms with E-state index in [9.17, 15) is 14.0 Å². The number of ether oxygens (including phenoxy) is 1. The van der Waals surface area contributed by atoms with Gasteiger partial charge in [0, 0.05) is 29.0 Å². The standard InChI is InChI=1S/C27H28FNO3/c1-16(2)15-32-27(31)24-17(3)29-22-13-19(18-9-5-4-6-10-18)14-23(30)26(22)25(24)20-11-7-8-12-21(20)28/h4-12,16,19,25,29H,13-15H2,1-3H3/t19-,25-/m0/s1. The van der Waals surface area contributed by atoms with E-state index in [0.29, 0.717) is 35.2 Å². The Morgan fingerprint density at radius 3 is 2.47 bits per heavy atom. The summed E-state index contributed by atoms with van der Waals surface area (Å²) in [4.78, 5) is 26.6. The zero-order valence-electron chi connectivity index (χ0n) is 18.7. The maximum Gasteiger partial charge on any atom is 0.336 e. The number of esters is 1. The van der Waals surface area contributed by atoms with Gasteiger partial charge in [-0.3, -0.25) is 4.79 Å². The van der Waals surface area contributed by atoms with E-state index in [0.717, 1.165) is 11.3 Å². The maximum atomic E-state index is 15.0. The predicted octanol–water partition coefficient (Wildman–Crippen LogP) is 5.39. The Bertz CT molecular complexity index is 1100. The molecule has 0 saturated heterocycles. The third kappa shape index (κ3) is 4.24. The quantitative estimate of drug-likeness (QED) is 0.643. The van der Waals surface area contributed by atoms with Crippen LogP contribution >= 0.6 is 0 Å². The van der Waals surface area contributed by atoms with E-state index in [1.165, 1.54) is 6.07 Å². The second kappa shape index (κ2) is 9.11. The summed E-state index contributed by atoms with van der Waals surface area (Å²) in [6, 6.07) is 16.3. The molecule has 4 rings (SSSR count). The molecule has 0 amide bonds. The van der Waals surface area contributed by atoms with Crippen molar-refractivity contribution in [3.63, 3.8) is 0 Å². The molecule has 0 saturated carbocycles. The fraction of sp³-hybridized carbons (Fsp3) is 0.333. The number of carbonyl (C=O) groups is 2. The van der Waals surface area contributed by atoms with Gasteiger partial charge < -0.3 is 10.1 Å². The van der Waals surface area contributed by atoms with Crippen molar-refractivity contribution < 1.29 is 18.7 Å². The molecule has 2 aromatic rings. The van der Waals surface area contributed by atoms with Crippen molar-refractivity contribution >= 4 is 11.8 Å². The molecular formula is C27H28FNO3. The van der Waals surface area contributed by atoms with Crippen LogP contribution in [0.4, 0.5) is 4.39 Å². The Labute approximate surface area is 188 Å². The molecule has 1 aliphatic heterocycles. The van der Waals surface area contributed by atoms with Crippen LogP contribution in [0.15, 0.2) is 77.1 Å². The first-order valence-corrected chi connectivity index (χ1v) is 11.1. The third-order valence-corrected chi connectivity index (χ3v) is 6.08. The normalized spacial score (nSPS) is 20.8. The summed E-state index contributed by atoms with van der Waals surface area (Å²) < 4.78 is 20.5. The molecule has 5 heteroatoms. The van der Waals surface area contributed by atoms with Crippen molar-refractivity contribution in [3.05, 3.63) is 94.1 Å². The monoisotopic (exact) mass is 433 g/mol. The summed E-state index contributed by atoms with van der Waals surface area (Å²) in [6.07, 6.45) is 0.949. The van der Waals surface area contributed by atoms with Crippen molar-refractivity contribution in [2.24, 2.45) is 5.92 Å². The number of nitrogens with one attached hydrogen (secondary N) is 1. The Morgan fingerprint density at radius 1 is 1.09 bits per heavy atom. The van der Waals surface area contributed by atoms with Crippen molar-refractivity contribution in [1.82, 2.24) is 5.32 Å². The van der Waals surface area contributed by atoms with Crippen LogP contribution in [0.1, 0.15) is 56.6 Å². The molecule has 0 bridgehead atoms. The van der Waals surface area contributed by atoms with Crippen molar-refractivity contribution in [1.29, 1.82) is 0 Å². The minimum absolute atomic E-state index is 0.0402. The lowest BCUT2D eigenvalue weighted by Gasteiger charge is -2.36. The molecule has 1 N–H and O–H groups in total. The number of Topliss-reactive ketones (excluding diaryl/α,β-unsaturated/α-hetero) is 1. The molecule has 166 valence electrons. The van der Waals surface area contributed by atoms with Crippen LogP contribution in [0.3, 0.4) is 0 Å². The molecule has 2 aliphatic rings. The molecule has 2 aromatic carbocycles. The first kappa shape index (κ1) is 22.0. The molecule has 0 fully saturated rings. The number of hydrogen-bond donors (Lipinski definition) is 1. The summed E-state index contributed by atoms with van der Waals surface area (Å²) in [5.74, 6) is -1.59. The molecule has 0 spiro atoms. The van der Waals surface area contributed by atoms with E-state index in [2.05, 4.69) is 5.32 Å². The number of carbonyl (C=O) groups excluding carboxylic acids is 2. The van der Waals surface area contributed by atoms with Gasteiger partial charge in [-0.05, 0) is 36.8 Å². The van der Waals surface area contributed by atoms with Gasteiger partial charge in [-0.15, -0.1) is 0 Å². The molecule has 0 radical (unpaired) electrons. The molecule has 0 aromatic heterocycles. The summed E-state index contributed by atoms with van der Waals surface area (Å²) >= 11 is 0. The average molecular weight is 434 g/mol. The van der Waals surface area contributed by atoms with Crippen molar-refractivity contribution in [3.8, 4) is 0 Å². The van der Waals surface area contributed by atoms with Crippen LogP contribution in [0.2, 0.25) is 0 Å². The van der Waals surface area contributed by atoms with Gasteiger partial charge in [-0.2, -0.15) is 0 Å². The first-order valence-electron chi connectivity index (χ1n) is 11.1. The molecule has 32 heavy (non-hydrogen) atoms. The zero-order valence-corrected chi connectivity index (χ0v) is 18.7. The number of ketones is 1. The summed E-state index contributed by atoms with van der Waals surface area (Å²) in [7, 11) is 0. The average Bonchev–Trinajstić information content (AvgIpc) is 2.77. The minimum Gasteiger partial charge on any atom is -0.462 e. The fourth-order valence-corrected chi connectivity index (χ4v) is 4.61. The summed E-state index contributed by atoms with van der Waals surface area (Å²) in [6.45, 7) is 5.96. The largest absolute Gasteiger partial charge is 0.462 e. The lowest BCUT2D eigenvalue weighted by atomic mass is 9.71. The highest BCUT2D eigenvalue weighted by atomic mass is 19.1. The lowest BCUT2D eigenvalue weighted by Crippen LogP contribution is -2.36. The van der Waals surface area contributed by atoms with Gasteiger partial charge in [0.1, 0.15) is 5.82 Å². The van der Waals surface area contributed by atoms with Gasteiger partial charge in [-0.25, -0.2) is 9.18 Å². The molecular weight excluding hydrogens is 405 g/mol. The van der Waals surface area contributed by atoms with Crippen LogP contribution in [0, 0.1) is 11.7 Å². The highest BCUT2D eigenvalue weighted by Crippen LogP contribution is 2.46. The van der Waals surface area contributed by atoms with Crippen molar-refractivity contribution in [2.75, 3.05) is 6.61 Å². The first-order chi connectivity index (χ1) is 15.4. The Kier molecular flexibility index (Phi) is 6.26. The molecule has 2 atom stereocenters. The summed E-state index contributed by atoms with van der Waals surface area (Å²) in [5.41, 5.74) is 3.57. The van der Waals surface area contributed by atoms with Crippen LogP contribution in [0.25, 0.3) is 0 Å². The van der Waals surface area contributed by atoms with Crippen molar-refractivity contribution in [2.45, 2.75) is 45.4 Å². The van der Waals surface area contributed by atoms with E-state index >= 15 is 0 Å². The van der Waals surface area contributed by atoms with E-state index in [1.54, 1.807) is 25.1 Å². The Hall–Kier alpha value is -3.21. The smallest absolute Gasteiger partial charge is 0.336 e. The molecule has 1 heterocycles. The zero-order chi connectivity index (χ0) is 22.8. The van der Waals surface area contributed by atoms with Gasteiger partial charge in [0.05, 0.1) is 18.1 Å². The van der Waals surface area contributed by atoms with Gasteiger partial charge >= 0.3 is 5.97 Å². The number of dihydropyridines is 1. The molecule has 4 nitrogen and oxygen atoms in total. The van der Waals surface area contributed by atoms with E-state index in [-0.39, 0.29) is 24.2 Å². The fourth-order valence-electron chi connectivity index (χ4n) is 4.61. The van der Waals surface area contributed by atoms with Gasteiger partial charge in [0.2, 0.25) is 0 Å². The SMILES string of the molecule is CC1=C(C(=O)OCC(C)C)[C@H](c2ccccc2F)C2=C(C[C@H](c3ccccc3)CC2=O)N1. The minimum atomic E-state index is -0.781.